The molecule has 1 atom stereocenters. The molecule has 1 unspecified atom stereocenters. The molecule has 1 fully saturated rings. The van der Waals surface area contributed by atoms with Crippen molar-refractivity contribution in [1.29, 1.82) is 0 Å². The molecule has 3 aromatic rings. The Morgan fingerprint density at radius 2 is 1.84 bits per heavy atom. The second-order valence-electron chi connectivity index (χ2n) is 5.88. The molecule has 25 heavy (non-hydrogen) atoms. The lowest BCUT2D eigenvalue weighted by atomic mass is 10.1. The van der Waals surface area contributed by atoms with Gasteiger partial charge in [0.05, 0.1) is 24.0 Å². The van der Waals surface area contributed by atoms with Crippen LogP contribution in [0.5, 0.6) is 0 Å². The molecule has 6 nitrogen and oxygen atoms in total. The summed E-state index contributed by atoms with van der Waals surface area (Å²) < 4.78 is 23.6. The summed E-state index contributed by atoms with van der Waals surface area (Å²) >= 11 is 0. The predicted octanol–water partition coefficient (Wildman–Crippen LogP) is 2.06. The Hall–Kier alpha value is -2.22. The van der Waals surface area contributed by atoms with E-state index in [2.05, 4.69) is 5.43 Å². The maximum atomic E-state index is 12.6. The highest BCUT2D eigenvalue weighted by molar-refractivity contribution is 7.85. The molecule has 0 spiro atoms. The summed E-state index contributed by atoms with van der Waals surface area (Å²) in [6.45, 7) is 2.47. The number of carbonyl (C=O) groups excluding carboxylic acids is 1. The van der Waals surface area contributed by atoms with Crippen LogP contribution in [0.1, 0.15) is 0 Å². The molecule has 1 saturated heterocycles. The molecule has 1 N–H and O–H groups in total. The van der Waals surface area contributed by atoms with Gasteiger partial charge in [-0.05, 0) is 24.3 Å². The number of hydrogen-bond acceptors (Lipinski definition) is 5. The molecule has 1 amide bonds. The number of benzene rings is 2. The molecule has 0 saturated carbocycles. The molecule has 0 radical (unpaired) electrons. The Bertz CT molecular complexity index is 947. The van der Waals surface area contributed by atoms with Crippen LogP contribution >= 0.6 is 0 Å². The van der Waals surface area contributed by atoms with E-state index >= 15 is 0 Å². The molecule has 130 valence electrons. The highest BCUT2D eigenvalue weighted by Gasteiger charge is 2.17. The van der Waals surface area contributed by atoms with Gasteiger partial charge < -0.3 is 9.15 Å². The third-order valence-electron chi connectivity index (χ3n) is 4.17. The first-order valence-electron chi connectivity index (χ1n) is 8.12. The number of fused-ring (bicyclic) bond motifs is 3. The summed E-state index contributed by atoms with van der Waals surface area (Å²) in [6, 6.07) is 13.1. The van der Waals surface area contributed by atoms with Crippen LogP contribution in [0, 0.1) is 0 Å². The minimum atomic E-state index is -1.41. The fraction of sp³-hybridized carbons (Fsp3) is 0.278. The van der Waals surface area contributed by atoms with Crippen molar-refractivity contribution in [2.24, 2.45) is 0 Å². The van der Waals surface area contributed by atoms with Crippen LogP contribution < -0.4 is 5.43 Å². The largest absolute Gasteiger partial charge is 0.456 e. The van der Waals surface area contributed by atoms with Crippen LogP contribution in [0.3, 0.4) is 0 Å². The highest BCUT2D eigenvalue weighted by atomic mass is 32.2. The molecule has 1 aliphatic heterocycles. The number of hydrogen-bond donors (Lipinski definition) is 1. The highest BCUT2D eigenvalue weighted by Crippen LogP contribution is 2.29. The number of rotatable bonds is 4. The van der Waals surface area contributed by atoms with Crippen molar-refractivity contribution < 1.29 is 18.2 Å². The smallest absolute Gasteiger partial charge is 0.247 e. The van der Waals surface area contributed by atoms with Crippen LogP contribution in [0.4, 0.5) is 0 Å². The van der Waals surface area contributed by atoms with Gasteiger partial charge in [0.1, 0.15) is 16.9 Å². The number of furan rings is 1. The number of carbonyl (C=O) groups is 1. The minimum absolute atomic E-state index is 0.0708. The molecule has 1 aromatic heterocycles. The molecule has 0 aliphatic carbocycles. The number of nitrogens with one attached hydrogen (secondary N) is 1. The van der Waals surface area contributed by atoms with Gasteiger partial charge in [-0.3, -0.25) is 14.4 Å². The zero-order valence-corrected chi connectivity index (χ0v) is 14.4. The van der Waals surface area contributed by atoms with E-state index in [4.69, 9.17) is 9.15 Å². The maximum Gasteiger partial charge on any atom is 0.247 e. The van der Waals surface area contributed by atoms with Crippen LogP contribution in [-0.4, -0.2) is 47.2 Å². The van der Waals surface area contributed by atoms with Crippen LogP contribution in [-0.2, 0) is 20.3 Å². The Balaban J connectivity index is 1.51. The molecule has 2 heterocycles. The Morgan fingerprint density at radius 1 is 1.08 bits per heavy atom. The SMILES string of the molecule is O=C(CS(=O)c1ccc2oc3ccccc3c2c1)NN1CCOCC1. The average Bonchev–Trinajstić information content (AvgIpc) is 3.00. The number of nitrogens with zero attached hydrogens (tertiary/aromatic N) is 1. The van der Waals surface area contributed by atoms with Crippen molar-refractivity contribution in [1.82, 2.24) is 10.4 Å². The van der Waals surface area contributed by atoms with E-state index in [1.807, 2.05) is 36.4 Å². The molecular formula is C18H18N2O4S. The van der Waals surface area contributed by atoms with Crippen molar-refractivity contribution in [3.63, 3.8) is 0 Å². The van der Waals surface area contributed by atoms with Gasteiger partial charge in [-0.25, -0.2) is 5.01 Å². The zero-order chi connectivity index (χ0) is 17.2. The first kappa shape index (κ1) is 16.3. The van der Waals surface area contributed by atoms with Crippen molar-refractivity contribution in [2.75, 3.05) is 32.1 Å². The average molecular weight is 358 g/mol. The summed E-state index contributed by atoms with van der Waals surface area (Å²) in [5.41, 5.74) is 4.33. The third-order valence-corrected chi connectivity index (χ3v) is 5.47. The lowest BCUT2D eigenvalue weighted by Crippen LogP contribution is -2.49. The number of ether oxygens (including phenoxy) is 1. The van der Waals surface area contributed by atoms with Gasteiger partial charge in [0.25, 0.3) is 0 Å². The van der Waals surface area contributed by atoms with Gasteiger partial charge in [0, 0.05) is 28.8 Å². The molecule has 4 rings (SSSR count). The third kappa shape index (κ3) is 3.44. The van der Waals surface area contributed by atoms with E-state index in [0.717, 1.165) is 21.9 Å². The number of amides is 1. The van der Waals surface area contributed by atoms with E-state index in [9.17, 15) is 9.00 Å². The molecule has 2 aromatic carbocycles. The summed E-state index contributed by atoms with van der Waals surface area (Å²) in [6.07, 6.45) is 0. The summed E-state index contributed by atoms with van der Waals surface area (Å²) in [5.74, 6) is -0.323. The van der Waals surface area contributed by atoms with E-state index < -0.39 is 10.8 Å². The van der Waals surface area contributed by atoms with Crippen LogP contribution in [0.15, 0.2) is 51.8 Å². The summed E-state index contributed by atoms with van der Waals surface area (Å²) in [7, 11) is -1.41. The Kier molecular flexibility index (Phi) is 4.52. The minimum Gasteiger partial charge on any atom is -0.456 e. The topological polar surface area (TPSA) is 71.8 Å². The summed E-state index contributed by atoms with van der Waals surface area (Å²) in [5, 5.41) is 3.69. The number of morpholine rings is 1. The first-order valence-corrected chi connectivity index (χ1v) is 9.44. The second-order valence-corrected chi connectivity index (χ2v) is 7.33. The first-order chi connectivity index (χ1) is 12.2. The van der Waals surface area contributed by atoms with E-state index in [0.29, 0.717) is 31.2 Å². The van der Waals surface area contributed by atoms with Gasteiger partial charge in [-0.15, -0.1) is 0 Å². The lowest BCUT2D eigenvalue weighted by Gasteiger charge is -2.26. The Morgan fingerprint density at radius 3 is 2.68 bits per heavy atom. The fourth-order valence-corrected chi connectivity index (χ4v) is 3.87. The van der Waals surface area contributed by atoms with Gasteiger partial charge in [0.2, 0.25) is 5.91 Å². The van der Waals surface area contributed by atoms with Crippen molar-refractivity contribution in [2.45, 2.75) is 4.90 Å². The number of para-hydroxylation sites is 1. The van der Waals surface area contributed by atoms with E-state index in [1.165, 1.54) is 0 Å². The van der Waals surface area contributed by atoms with Crippen molar-refractivity contribution >= 4 is 38.6 Å². The van der Waals surface area contributed by atoms with Crippen LogP contribution in [0.2, 0.25) is 0 Å². The second kappa shape index (κ2) is 6.95. The van der Waals surface area contributed by atoms with E-state index in [1.54, 1.807) is 11.1 Å². The molecular weight excluding hydrogens is 340 g/mol. The molecule has 0 bridgehead atoms. The molecule has 7 heteroatoms. The normalized spacial score (nSPS) is 17.0. The quantitative estimate of drug-likeness (QED) is 0.773. The van der Waals surface area contributed by atoms with Crippen molar-refractivity contribution in [3.8, 4) is 0 Å². The van der Waals surface area contributed by atoms with Gasteiger partial charge in [0.15, 0.2) is 0 Å². The fourth-order valence-electron chi connectivity index (χ4n) is 2.93. The summed E-state index contributed by atoms with van der Waals surface area (Å²) in [4.78, 5) is 12.7. The number of hydrazine groups is 1. The van der Waals surface area contributed by atoms with E-state index in [-0.39, 0.29) is 11.7 Å². The predicted molar refractivity (Wildman–Crippen MR) is 95.5 cm³/mol. The maximum absolute atomic E-state index is 12.6. The zero-order valence-electron chi connectivity index (χ0n) is 13.6. The van der Waals surface area contributed by atoms with Crippen LogP contribution in [0.25, 0.3) is 21.9 Å². The van der Waals surface area contributed by atoms with Gasteiger partial charge >= 0.3 is 0 Å². The lowest BCUT2D eigenvalue weighted by molar-refractivity contribution is -0.125. The van der Waals surface area contributed by atoms with Gasteiger partial charge in [-0.1, -0.05) is 18.2 Å². The standard InChI is InChI=1S/C18H18N2O4S/c21-18(19-20-7-9-23-10-8-20)12-25(22)13-5-6-17-15(11-13)14-3-1-2-4-16(14)24-17/h1-6,11H,7-10,12H2,(H,19,21). The van der Waals surface area contributed by atoms with Gasteiger partial charge in [-0.2, -0.15) is 0 Å². The van der Waals surface area contributed by atoms with Crippen molar-refractivity contribution in [3.05, 3.63) is 42.5 Å². The monoisotopic (exact) mass is 358 g/mol. The molecule has 1 aliphatic rings. The Labute approximate surface area is 147 Å².